The Hall–Kier alpha value is -2.31. The number of carboxylic acid groups (broad SMARTS) is 1. The molecular weight excluding hydrogens is 214 g/mol. The zero-order valence-corrected chi connectivity index (χ0v) is 8.25. The van der Waals surface area contributed by atoms with Crippen molar-refractivity contribution in [2.45, 2.75) is 13.0 Å². The molecule has 7 nitrogen and oxygen atoms in total. The van der Waals surface area contributed by atoms with E-state index in [0.29, 0.717) is 4.90 Å². The van der Waals surface area contributed by atoms with Crippen molar-refractivity contribution in [1.82, 2.24) is 14.9 Å². The monoisotopic (exact) mass is 221 g/mol. The topological polar surface area (TPSA) is 100 Å². The molecule has 1 aliphatic rings. The van der Waals surface area contributed by atoms with Crippen LogP contribution in [0.1, 0.15) is 27.9 Å². The number of fused-ring (bicyclic) bond motifs is 1. The SMILES string of the molecule is C[C@H](C(=O)O)N1C(=O)c2nccnc2C1=O. The fraction of sp³-hybridized carbons (Fsp3) is 0.222. The molecule has 1 aliphatic heterocycles. The lowest BCUT2D eigenvalue weighted by molar-refractivity contribution is -0.140. The normalized spacial score (nSPS) is 16.2. The number of hydrogen-bond acceptors (Lipinski definition) is 5. The zero-order chi connectivity index (χ0) is 11.9. The van der Waals surface area contributed by atoms with E-state index in [4.69, 9.17) is 5.11 Å². The van der Waals surface area contributed by atoms with Crippen LogP contribution >= 0.6 is 0 Å². The molecule has 1 aromatic heterocycles. The van der Waals surface area contributed by atoms with Gasteiger partial charge < -0.3 is 5.11 Å². The van der Waals surface area contributed by atoms with E-state index in [1.165, 1.54) is 19.3 Å². The van der Waals surface area contributed by atoms with Gasteiger partial charge in [0.1, 0.15) is 6.04 Å². The van der Waals surface area contributed by atoms with Gasteiger partial charge in [-0.25, -0.2) is 14.8 Å². The van der Waals surface area contributed by atoms with E-state index in [2.05, 4.69) is 9.97 Å². The van der Waals surface area contributed by atoms with E-state index in [1.807, 2.05) is 0 Å². The first-order valence-corrected chi connectivity index (χ1v) is 4.45. The van der Waals surface area contributed by atoms with Gasteiger partial charge in [-0.2, -0.15) is 0 Å². The molecule has 82 valence electrons. The molecule has 16 heavy (non-hydrogen) atoms. The maximum absolute atomic E-state index is 11.7. The van der Waals surface area contributed by atoms with Gasteiger partial charge >= 0.3 is 5.97 Å². The van der Waals surface area contributed by atoms with Crippen LogP contribution in [0.2, 0.25) is 0 Å². The molecule has 2 heterocycles. The molecule has 1 N–H and O–H groups in total. The van der Waals surface area contributed by atoms with Gasteiger partial charge in [0.25, 0.3) is 11.8 Å². The smallest absolute Gasteiger partial charge is 0.326 e. The lowest BCUT2D eigenvalue weighted by atomic mass is 10.3. The van der Waals surface area contributed by atoms with Crippen molar-refractivity contribution in [2.24, 2.45) is 0 Å². The first-order chi connectivity index (χ1) is 7.54. The van der Waals surface area contributed by atoms with Crippen molar-refractivity contribution in [3.63, 3.8) is 0 Å². The predicted molar refractivity (Wildman–Crippen MR) is 49.6 cm³/mol. The summed E-state index contributed by atoms with van der Waals surface area (Å²) in [5.41, 5.74) is -0.193. The first-order valence-electron chi connectivity index (χ1n) is 4.45. The molecule has 2 amide bonds. The second-order valence-corrected chi connectivity index (χ2v) is 3.25. The molecule has 0 fully saturated rings. The van der Waals surface area contributed by atoms with Gasteiger partial charge in [-0.15, -0.1) is 0 Å². The maximum Gasteiger partial charge on any atom is 0.326 e. The summed E-state index contributed by atoms with van der Waals surface area (Å²) in [6.45, 7) is 1.25. The number of aromatic nitrogens is 2. The second-order valence-electron chi connectivity index (χ2n) is 3.25. The molecule has 1 atom stereocenters. The lowest BCUT2D eigenvalue weighted by Crippen LogP contribution is -2.42. The third kappa shape index (κ3) is 1.25. The van der Waals surface area contributed by atoms with Crippen LogP contribution in [0.5, 0.6) is 0 Å². The van der Waals surface area contributed by atoms with Crippen LogP contribution < -0.4 is 0 Å². The highest BCUT2D eigenvalue weighted by Gasteiger charge is 2.42. The van der Waals surface area contributed by atoms with Gasteiger partial charge in [0.15, 0.2) is 11.4 Å². The fourth-order valence-electron chi connectivity index (χ4n) is 1.43. The van der Waals surface area contributed by atoms with E-state index in [-0.39, 0.29) is 11.4 Å². The molecular formula is C9H7N3O4. The molecule has 0 saturated heterocycles. The largest absolute Gasteiger partial charge is 0.480 e. The standard InChI is InChI=1S/C9H7N3O4/c1-4(9(15)16)12-7(13)5-6(8(12)14)11-3-2-10-5/h2-4H,1H3,(H,15,16)/t4-/m1/s1. The number of carbonyl (C=O) groups excluding carboxylic acids is 2. The van der Waals surface area contributed by atoms with Crippen molar-refractivity contribution in [1.29, 1.82) is 0 Å². The second kappa shape index (κ2) is 3.37. The van der Waals surface area contributed by atoms with Crippen molar-refractivity contribution in [2.75, 3.05) is 0 Å². The van der Waals surface area contributed by atoms with E-state index >= 15 is 0 Å². The highest BCUT2D eigenvalue weighted by atomic mass is 16.4. The van der Waals surface area contributed by atoms with Crippen LogP contribution in [0.3, 0.4) is 0 Å². The summed E-state index contributed by atoms with van der Waals surface area (Å²) < 4.78 is 0. The predicted octanol–water partition coefficient (Wildman–Crippen LogP) is -0.454. The minimum absolute atomic E-state index is 0.0967. The molecule has 1 aromatic rings. The summed E-state index contributed by atoms with van der Waals surface area (Å²) in [5.74, 6) is -2.69. The van der Waals surface area contributed by atoms with Gasteiger partial charge in [-0.05, 0) is 6.92 Å². The number of carbonyl (C=O) groups is 3. The van der Waals surface area contributed by atoms with Crippen LogP contribution in [0.25, 0.3) is 0 Å². The summed E-state index contributed by atoms with van der Waals surface area (Å²) >= 11 is 0. The molecule has 0 aromatic carbocycles. The minimum Gasteiger partial charge on any atom is -0.480 e. The Morgan fingerprint density at radius 1 is 1.25 bits per heavy atom. The van der Waals surface area contributed by atoms with Crippen LogP contribution in [0, 0.1) is 0 Å². The average Bonchev–Trinajstić information content (AvgIpc) is 2.52. The van der Waals surface area contributed by atoms with Gasteiger partial charge in [0.05, 0.1) is 0 Å². The lowest BCUT2D eigenvalue weighted by Gasteiger charge is -2.17. The van der Waals surface area contributed by atoms with Crippen molar-refractivity contribution in [3.05, 3.63) is 23.8 Å². The summed E-state index contributed by atoms with van der Waals surface area (Å²) in [7, 11) is 0. The molecule has 0 unspecified atom stereocenters. The van der Waals surface area contributed by atoms with Gasteiger partial charge in [-0.3, -0.25) is 14.5 Å². The average molecular weight is 221 g/mol. The zero-order valence-electron chi connectivity index (χ0n) is 8.25. The number of rotatable bonds is 2. The molecule has 0 saturated carbocycles. The summed E-state index contributed by atoms with van der Waals surface area (Å²) in [4.78, 5) is 42.2. The molecule has 7 heteroatoms. The number of imide groups is 1. The number of aliphatic carboxylic acids is 1. The van der Waals surface area contributed by atoms with E-state index in [1.54, 1.807) is 0 Å². The highest BCUT2D eigenvalue weighted by Crippen LogP contribution is 2.20. The summed E-state index contributed by atoms with van der Waals surface area (Å²) in [6, 6.07) is -1.23. The van der Waals surface area contributed by atoms with E-state index < -0.39 is 23.8 Å². The van der Waals surface area contributed by atoms with Crippen LogP contribution in [-0.2, 0) is 4.79 Å². The third-order valence-corrected chi connectivity index (χ3v) is 2.29. The molecule has 0 radical (unpaired) electrons. The molecule has 0 bridgehead atoms. The Labute approximate surface area is 89.7 Å². The first kappa shape index (κ1) is 10.2. The maximum atomic E-state index is 11.7. The summed E-state index contributed by atoms with van der Waals surface area (Å²) in [6.07, 6.45) is 2.55. The Kier molecular flexibility index (Phi) is 2.15. The minimum atomic E-state index is -1.26. The fourth-order valence-corrected chi connectivity index (χ4v) is 1.43. The number of nitrogens with zero attached hydrogens (tertiary/aromatic N) is 3. The number of amides is 2. The van der Waals surface area contributed by atoms with E-state index in [0.717, 1.165) is 0 Å². The molecule has 0 spiro atoms. The van der Waals surface area contributed by atoms with Crippen molar-refractivity contribution < 1.29 is 19.5 Å². The van der Waals surface area contributed by atoms with Gasteiger partial charge in [0.2, 0.25) is 0 Å². The number of carboxylic acids is 1. The number of hydrogen-bond donors (Lipinski definition) is 1. The Morgan fingerprint density at radius 3 is 2.06 bits per heavy atom. The van der Waals surface area contributed by atoms with Gasteiger partial charge in [0, 0.05) is 12.4 Å². The third-order valence-electron chi connectivity index (χ3n) is 2.29. The van der Waals surface area contributed by atoms with Crippen molar-refractivity contribution >= 4 is 17.8 Å². The van der Waals surface area contributed by atoms with Crippen LogP contribution in [-0.4, -0.2) is 43.8 Å². The highest BCUT2D eigenvalue weighted by molar-refractivity contribution is 6.20. The van der Waals surface area contributed by atoms with Gasteiger partial charge in [-0.1, -0.05) is 0 Å². The quantitative estimate of drug-likeness (QED) is 0.678. The van der Waals surface area contributed by atoms with E-state index in [9.17, 15) is 14.4 Å². The Balaban J connectivity index is 2.46. The Morgan fingerprint density at radius 2 is 1.69 bits per heavy atom. The molecule has 2 rings (SSSR count). The molecule has 0 aliphatic carbocycles. The van der Waals surface area contributed by atoms with Crippen molar-refractivity contribution in [3.8, 4) is 0 Å². The summed E-state index contributed by atoms with van der Waals surface area (Å²) in [5, 5.41) is 8.77. The Bertz CT molecular complexity index is 464. The van der Waals surface area contributed by atoms with Crippen LogP contribution in [0.4, 0.5) is 0 Å². The van der Waals surface area contributed by atoms with Crippen LogP contribution in [0.15, 0.2) is 12.4 Å².